The number of nitrogens with zero attached hydrogens (tertiary/aromatic N) is 5. The molecular formula is C6H5ClN6S2. The summed E-state index contributed by atoms with van der Waals surface area (Å²) in [6, 6.07) is 0. The Morgan fingerprint density at radius 3 is 2.93 bits per heavy atom. The first-order chi connectivity index (χ1) is 7.28. The summed E-state index contributed by atoms with van der Waals surface area (Å²) >= 11 is 8.43. The number of rotatable bonds is 3. The van der Waals surface area contributed by atoms with Crippen LogP contribution >= 0.6 is 34.7 Å². The van der Waals surface area contributed by atoms with Crippen LogP contribution < -0.4 is 5.32 Å². The molecule has 2 aromatic heterocycles. The molecule has 0 aliphatic carbocycles. The molecule has 0 atom stereocenters. The molecule has 0 bridgehead atoms. The lowest BCUT2D eigenvalue weighted by atomic mass is 10.9. The fourth-order valence-electron chi connectivity index (χ4n) is 0.775. The number of halogens is 1. The SMILES string of the molecule is CNc1nc(Cl)nc(Sc2nncs2)n1. The number of hydrogen-bond acceptors (Lipinski definition) is 8. The van der Waals surface area contributed by atoms with Gasteiger partial charge in [-0.15, -0.1) is 10.2 Å². The maximum Gasteiger partial charge on any atom is 0.228 e. The van der Waals surface area contributed by atoms with Crippen LogP contribution in [0.3, 0.4) is 0 Å². The van der Waals surface area contributed by atoms with Gasteiger partial charge in [0.2, 0.25) is 16.4 Å². The van der Waals surface area contributed by atoms with Gasteiger partial charge in [-0.25, -0.2) is 0 Å². The largest absolute Gasteiger partial charge is 0.357 e. The van der Waals surface area contributed by atoms with E-state index in [4.69, 9.17) is 11.6 Å². The zero-order valence-corrected chi connectivity index (χ0v) is 9.90. The van der Waals surface area contributed by atoms with E-state index in [1.165, 1.54) is 23.1 Å². The van der Waals surface area contributed by atoms with Crippen LogP contribution in [0.15, 0.2) is 15.0 Å². The average molecular weight is 261 g/mol. The summed E-state index contributed by atoms with van der Waals surface area (Å²) in [6.07, 6.45) is 0. The van der Waals surface area contributed by atoms with Crippen LogP contribution in [-0.4, -0.2) is 32.2 Å². The lowest BCUT2D eigenvalue weighted by Crippen LogP contribution is -1.99. The van der Waals surface area contributed by atoms with Crippen molar-refractivity contribution in [2.45, 2.75) is 9.50 Å². The molecule has 1 N–H and O–H groups in total. The molecule has 2 heterocycles. The maximum absolute atomic E-state index is 5.72. The van der Waals surface area contributed by atoms with Crippen LogP contribution in [0.4, 0.5) is 5.95 Å². The Kier molecular flexibility index (Phi) is 3.29. The molecule has 0 saturated heterocycles. The zero-order valence-electron chi connectivity index (χ0n) is 7.51. The van der Waals surface area contributed by atoms with Crippen molar-refractivity contribution in [3.8, 4) is 0 Å². The second-order valence-electron chi connectivity index (χ2n) is 2.27. The van der Waals surface area contributed by atoms with Gasteiger partial charge in [0.15, 0.2) is 4.34 Å². The first-order valence-corrected chi connectivity index (χ1v) is 5.88. The molecule has 15 heavy (non-hydrogen) atoms. The van der Waals surface area contributed by atoms with Gasteiger partial charge in [0, 0.05) is 7.05 Å². The smallest absolute Gasteiger partial charge is 0.228 e. The molecule has 0 spiro atoms. The van der Waals surface area contributed by atoms with E-state index in [1.54, 1.807) is 12.6 Å². The number of nitrogens with one attached hydrogen (secondary N) is 1. The molecule has 0 amide bonds. The minimum absolute atomic E-state index is 0.154. The second-order valence-corrected chi connectivity index (χ2v) is 4.65. The summed E-state index contributed by atoms with van der Waals surface area (Å²) in [6.45, 7) is 0. The van der Waals surface area contributed by atoms with E-state index >= 15 is 0 Å². The number of anilines is 1. The van der Waals surface area contributed by atoms with Gasteiger partial charge in [-0.3, -0.25) is 0 Å². The van der Waals surface area contributed by atoms with Crippen LogP contribution in [0.2, 0.25) is 5.28 Å². The van der Waals surface area contributed by atoms with E-state index in [0.717, 1.165) is 4.34 Å². The third kappa shape index (κ3) is 2.74. The van der Waals surface area contributed by atoms with Crippen molar-refractivity contribution in [2.75, 3.05) is 12.4 Å². The zero-order chi connectivity index (χ0) is 10.7. The Morgan fingerprint density at radius 1 is 1.40 bits per heavy atom. The third-order valence-electron chi connectivity index (χ3n) is 1.33. The molecular weight excluding hydrogens is 256 g/mol. The Balaban J connectivity index is 2.24. The van der Waals surface area contributed by atoms with Crippen molar-refractivity contribution in [2.24, 2.45) is 0 Å². The topological polar surface area (TPSA) is 76.5 Å². The van der Waals surface area contributed by atoms with Crippen LogP contribution in [0.5, 0.6) is 0 Å². The van der Waals surface area contributed by atoms with E-state index in [1.807, 2.05) is 0 Å². The van der Waals surface area contributed by atoms with E-state index in [-0.39, 0.29) is 5.28 Å². The highest BCUT2D eigenvalue weighted by Crippen LogP contribution is 2.26. The van der Waals surface area contributed by atoms with Crippen molar-refractivity contribution in [1.29, 1.82) is 0 Å². The fraction of sp³-hybridized carbons (Fsp3) is 0.167. The summed E-state index contributed by atoms with van der Waals surface area (Å²) in [5, 5.41) is 11.0. The van der Waals surface area contributed by atoms with Crippen LogP contribution in [-0.2, 0) is 0 Å². The van der Waals surface area contributed by atoms with Gasteiger partial charge >= 0.3 is 0 Å². The van der Waals surface area contributed by atoms with E-state index in [2.05, 4.69) is 30.5 Å². The first-order valence-electron chi connectivity index (χ1n) is 3.81. The predicted octanol–water partition coefficient (Wildman–Crippen LogP) is 1.57. The third-order valence-corrected chi connectivity index (χ3v) is 3.14. The second kappa shape index (κ2) is 4.69. The van der Waals surface area contributed by atoms with Gasteiger partial charge in [0.25, 0.3) is 0 Å². The summed E-state index contributed by atoms with van der Waals surface area (Å²) in [7, 11) is 1.71. The Morgan fingerprint density at radius 2 is 2.27 bits per heavy atom. The molecule has 0 fully saturated rings. The highest BCUT2D eigenvalue weighted by atomic mass is 35.5. The summed E-state index contributed by atoms with van der Waals surface area (Å²) in [5.41, 5.74) is 1.64. The quantitative estimate of drug-likeness (QED) is 0.898. The average Bonchev–Trinajstić information content (AvgIpc) is 2.69. The molecule has 9 heteroatoms. The van der Waals surface area contributed by atoms with Crippen LogP contribution in [0.1, 0.15) is 0 Å². The van der Waals surface area contributed by atoms with Crippen molar-refractivity contribution in [3.63, 3.8) is 0 Å². The molecule has 0 aromatic carbocycles. The predicted molar refractivity (Wildman–Crippen MR) is 58.4 cm³/mol. The number of aromatic nitrogens is 5. The molecule has 78 valence electrons. The van der Waals surface area contributed by atoms with Crippen LogP contribution in [0, 0.1) is 0 Å². The normalized spacial score (nSPS) is 10.3. The van der Waals surface area contributed by atoms with Gasteiger partial charge in [-0.2, -0.15) is 15.0 Å². The Hall–Kier alpha value is -0.990. The van der Waals surface area contributed by atoms with Gasteiger partial charge in [0.1, 0.15) is 5.51 Å². The van der Waals surface area contributed by atoms with Crippen LogP contribution in [0.25, 0.3) is 0 Å². The molecule has 0 saturated carbocycles. The monoisotopic (exact) mass is 260 g/mol. The lowest BCUT2D eigenvalue weighted by Gasteiger charge is -2.00. The van der Waals surface area contributed by atoms with E-state index < -0.39 is 0 Å². The Labute approximate surface area is 98.5 Å². The standard InChI is InChI=1S/C6H5ClN6S2/c1-8-4-10-3(7)11-5(12-4)15-6-13-9-2-14-6/h2H,1H3,(H,8,10,11,12). The summed E-state index contributed by atoms with van der Waals surface area (Å²) in [5.74, 6) is 0.432. The van der Waals surface area contributed by atoms with Crippen molar-refractivity contribution < 1.29 is 0 Å². The van der Waals surface area contributed by atoms with E-state index in [9.17, 15) is 0 Å². The van der Waals surface area contributed by atoms with E-state index in [0.29, 0.717) is 11.1 Å². The molecule has 0 aliphatic heterocycles. The molecule has 0 radical (unpaired) electrons. The minimum atomic E-state index is 0.154. The highest BCUT2D eigenvalue weighted by molar-refractivity contribution is 8.00. The number of hydrogen-bond donors (Lipinski definition) is 1. The van der Waals surface area contributed by atoms with Crippen molar-refractivity contribution >= 4 is 40.6 Å². The van der Waals surface area contributed by atoms with Gasteiger partial charge in [-0.1, -0.05) is 11.3 Å². The summed E-state index contributed by atoms with van der Waals surface area (Å²) in [4.78, 5) is 11.9. The molecule has 0 unspecified atom stereocenters. The van der Waals surface area contributed by atoms with Crippen molar-refractivity contribution in [1.82, 2.24) is 25.1 Å². The lowest BCUT2D eigenvalue weighted by molar-refractivity contribution is 0.904. The maximum atomic E-state index is 5.72. The molecule has 6 nitrogen and oxygen atoms in total. The highest BCUT2D eigenvalue weighted by Gasteiger charge is 2.07. The van der Waals surface area contributed by atoms with Gasteiger partial charge in [-0.05, 0) is 23.4 Å². The first kappa shape index (κ1) is 10.5. The fourth-order valence-corrected chi connectivity index (χ4v) is 2.32. The van der Waals surface area contributed by atoms with Gasteiger partial charge in [0.05, 0.1) is 0 Å². The Bertz CT molecular complexity index is 447. The van der Waals surface area contributed by atoms with Gasteiger partial charge < -0.3 is 5.32 Å². The summed E-state index contributed by atoms with van der Waals surface area (Å²) < 4.78 is 0.763. The molecule has 2 aromatic rings. The van der Waals surface area contributed by atoms with Crippen molar-refractivity contribution in [3.05, 3.63) is 10.8 Å². The molecule has 0 aliphatic rings. The molecule has 2 rings (SSSR count). The minimum Gasteiger partial charge on any atom is -0.357 e.